The number of carbonyl (C=O) groups excluding carboxylic acids is 2. The van der Waals surface area contributed by atoms with Crippen LogP contribution in [0.5, 0.6) is 0 Å². The number of para-hydroxylation sites is 2. The maximum atomic E-state index is 12.7. The number of carbonyl (C=O) groups is 2. The van der Waals surface area contributed by atoms with E-state index in [1.807, 2.05) is 53.1 Å². The van der Waals surface area contributed by atoms with E-state index < -0.39 is 0 Å². The maximum absolute atomic E-state index is 12.7. The second-order valence-corrected chi connectivity index (χ2v) is 6.74. The van der Waals surface area contributed by atoms with Gasteiger partial charge in [-0.2, -0.15) is 0 Å². The zero-order valence-corrected chi connectivity index (χ0v) is 15.2. The molecule has 1 aliphatic rings. The highest BCUT2D eigenvalue weighted by Crippen LogP contribution is 2.22. The fourth-order valence-electron chi connectivity index (χ4n) is 3.60. The Morgan fingerprint density at radius 3 is 2.44 bits per heavy atom. The van der Waals surface area contributed by atoms with Gasteiger partial charge in [0.2, 0.25) is 0 Å². The first-order chi connectivity index (χ1) is 13.2. The van der Waals surface area contributed by atoms with Crippen LogP contribution in [0.1, 0.15) is 23.2 Å². The second-order valence-electron chi connectivity index (χ2n) is 6.74. The number of ether oxygens (including phenoxy) is 1. The van der Waals surface area contributed by atoms with E-state index in [0.29, 0.717) is 31.5 Å². The lowest BCUT2D eigenvalue weighted by atomic mass is 9.96. The molecule has 4 rings (SSSR count). The number of aromatic nitrogens is 2. The van der Waals surface area contributed by atoms with E-state index in [-0.39, 0.29) is 17.8 Å². The van der Waals surface area contributed by atoms with Crippen molar-refractivity contribution >= 4 is 22.9 Å². The Balaban J connectivity index is 1.48. The minimum Gasteiger partial charge on any atom is -0.469 e. The van der Waals surface area contributed by atoms with Gasteiger partial charge in [0.05, 0.1) is 24.1 Å². The van der Waals surface area contributed by atoms with Crippen LogP contribution in [0.25, 0.3) is 16.7 Å². The molecular formula is C21H21N3O3. The number of amides is 1. The average molecular weight is 363 g/mol. The molecule has 0 radical (unpaired) electrons. The summed E-state index contributed by atoms with van der Waals surface area (Å²) >= 11 is 0. The summed E-state index contributed by atoms with van der Waals surface area (Å²) in [5, 5.41) is 0. The van der Waals surface area contributed by atoms with Gasteiger partial charge in [0.1, 0.15) is 6.33 Å². The van der Waals surface area contributed by atoms with Gasteiger partial charge >= 0.3 is 5.97 Å². The quantitative estimate of drug-likeness (QED) is 0.671. The highest BCUT2D eigenvalue weighted by Gasteiger charge is 2.28. The molecule has 0 atom stereocenters. The third kappa shape index (κ3) is 3.30. The van der Waals surface area contributed by atoms with E-state index in [4.69, 9.17) is 4.74 Å². The van der Waals surface area contributed by atoms with Crippen molar-refractivity contribution in [2.45, 2.75) is 12.8 Å². The van der Waals surface area contributed by atoms with Gasteiger partial charge in [-0.15, -0.1) is 0 Å². The van der Waals surface area contributed by atoms with Gasteiger partial charge in [-0.05, 0) is 49.2 Å². The van der Waals surface area contributed by atoms with Crippen LogP contribution < -0.4 is 0 Å². The first kappa shape index (κ1) is 17.3. The summed E-state index contributed by atoms with van der Waals surface area (Å²) in [7, 11) is 1.41. The van der Waals surface area contributed by atoms with E-state index in [2.05, 4.69) is 4.98 Å². The normalized spacial score (nSPS) is 15.1. The predicted octanol–water partition coefficient (Wildman–Crippen LogP) is 3.05. The first-order valence-electron chi connectivity index (χ1n) is 9.07. The van der Waals surface area contributed by atoms with Crippen LogP contribution in [0.3, 0.4) is 0 Å². The predicted molar refractivity (Wildman–Crippen MR) is 102 cm³/mol. The standard InChI is InChI=1S/C21H21N3O3/c1-27-21(26)16-10-12-23(13-11-16)20(25)15-6-8-17(9-7-15)24-14-22-18-4-2-3-5-19(18)24/h2-9,14,16H,10-13H2,1H3. The average Bonchev–Trinajstić information content (AvgIpc) is 3.17. The number of methoxy groups -OCH3 is 1. The molecule has 0 spiro atoms. The molecular weight excluding hydrogens is 342 g/mol. The molecule has 1 amide bonds. The van der Waals surface area contributed by atoms with Crippen LogP contribution in [0, 0.1) is 5.92 Å². The molecule has 0 saturated carbocycles. The van der Waals surface area contributed by atoms with Crippen LogP contribution >= 0.6 is 0 Å². The van der Waals surface area contributed by atoms with Crippen molar-refractivity contribution in [2.75, 3.05) is 20.2 Å². The van der Waals surface area contributed by atoms with E-state index in [1.54, 1.807) is 11.2 Å². The van der Waals surface area contributed by atoms with Crippen molar-refractivity contribution in [1.29, 1.82) is 0 Å². The van der Waals surface area contributed by atoms with Gasteiger partial charge < -0.3 is 9.64 Å². The molecule has 138 valence electrons. The molecule has 6 nitrogen and oxygen atoms in total. The van der Waals surface area contributed by atoms with Gasteiger partial charge in [-0.25, -0.2) is 4.98 Å². The summed E-state index contributed by atoms with van der Waals surface area (Å²) < 4.78 is 6.80. The molecule has 0 unspecified atom stereocenters. The minimum atomic E-state index is -0.181. The van der Waals surface area contributed by atoms with E-state index in [9.17, 15) is 9.59 Å². The Bertz CT molecular complexity index is 970. The molecule has 2 aromatic carbocycles. The Kier molecular flexibility index (Phi) is 4.62. The zero-order valence-electron chi connectivity index (χ0n) is 15.2. The first-order valence-corrected chi connectivity index (χ1v) is 9.07. The fourth-order valence-corrected chi connectivity index (χ4v) is 3.60. The Morgan fingerprint density at radius 1 is 1.04 bits per heavy atom. The number of hydrogen-bond acceptors (Lipinski definition) is 4. The highest BCUT2D eigenvalue weighted by atomic mass is 16.5. The molecule has 1 aromatic heterocycles. The van der Waals surface area contributed by atoms with Crippen LogP contribution in [0.2, 0.25) is 0 Å². The molecule has 0 aliphatic carbocycles. The lowest BCUT2D eigenvalue weighted by molar-refractivity contribution is -0.146. The summed E-state index contributed by atoms with van der Waals surface area (Å²) in [4.78, 5) is 30.6. The second kappa shape index (κ2) is 7.23. The number of piperidine rings is 1. The van der Waals surface area contributed by atoms with Gasteiger partial charge in [0.15, 0.2) is 0 Å². The van der Waals surface area contributed by atoms with Gasteiger partial charge in [-0.1, -0.05) is 12.1 Å². The smallest absolute Gasteiger partial charge is 0.308 e. The number of fused-ring (bicyclic) bond motifs is 1. The monoisotopic (exact) mass is 363 g/mol. The number of likely N-dealkylation sites (tertiary alicyclic amines) is 1. The number of esters is 1. The van der Waals surface area contributed by atoms with Crippen LogP contribution in [0.15, 0.2) is 54.9 Å². The van der Waals surface area contributed by atoms with Gasteiger partial charge in [0.25, 0.3) is 5.91 Å². The van der Waals surface area contributed by atoms with Crippen LogP contribution in [-0.2, 0) is 9.53 Å². The maximum Gasteiger partial charge on any atom is 0.308 e. The van der Waals surface area contributed by atoms with Crippen molar-refractivity contribution in [1.82, 2.24) is 14.5 Å². The molecule has 1 saturated heterocycles. The Labute approximate surface area is 157 Å². The van der Waals surface area contributed by atoms with E-state index in [0.717, 1.165) is 16.7 Å². The lowest BCUT2D eigenvalue weighted by Gasteiger charge is -2.30. The summed E-state index contributed by atoms with van der Waals surface area (Å²) in [5.74, 6) is -0.282. The summed E-state index contributed by atoms with van der Waals surface area (Å²) in [6.45, 7) is 1.15. The highest BCUT2D eigenvalue weighted by molar-refractivity contribution is 5.94. The molecule has 0 N–H and O–H groups in total. The summed E-state index contributed by atoms with van der Waals surface area (Å²) in [6, 6.07) is 15.5. The number of rotatable bonds is 3. The molecule has 27 heavy (non-hydrogen) atoms. The fraction of sp³-hybridized carbons (Fsp3) is 0.286. The number of benzene rings is 2. The number of hydrogen-bond donors (Lipinski definition) is 0. The van der Waals surface area contributed by atoms with E-state index >= 15 is 0 Å². The Morgan fingerprint density at radius 2 is 1.74 bits per heavy atom. The molecule has 2 heterocycles. The molecule has 6 heteroatoms. The third-order valence-corrected chi connectivity index (χ3v) is 5.16. The third-order valence-electron chi connectivity index (χ3n) is 5.16. The number of imidazole rings is 1. The zero-order chi connectivity index (χ0) is 18.8. The summed E-state index contributed by atoms with van der Waals surface area (Å²) in [6.07, 6.45) is 3.09. The van der Waals surface area contributed by atoms with Gasteiger partial charge in [-0.3, -0.25) is 14.2 Å². The van der Waals surface area contributed by atoms with Crippen molar-refractivity contribution in [3.63, 3.8) is 0 Å². The lowest BCUT2D eigenvalue weighted by Crippen LogP contribution is -2.40. The van der Waals surface area contributed by atoms with Crippen molar-refractivity contribution < 1.29 is 14.3 Å². The molecule has 3 aromatic rings. The molecule has 1 aliphatic heterocycles. The van der Waals surface area contributed by atoms with Crippen molar-refractivity contribution in [3.05, 3.63) is 60.4 Å². The SMILES string of the molecule is COC(=O)C1CCN(C(=O)c2ccc(-n3cnc4ccccc43)cc2)CC1. The van der Waals surface area contributed by atoms with Crippen LogP contribution in [0.4, 0.5) is 0 Å². The molecule has 1 fully saturated rings. The Hall–Kier alpha value is -3.15. The summed E-state index contributed by atoms with van der Waals surface area (Å²) in [5.41, 5.74) is 3.58. The van der Waals surface area contributed by atoms with Crippen LogP contribution in [-0.4, -0.2) is 46.5 Å². The van der Waals surface area contributed by atoms with Crippen molar-refractivity contribution in [2.24, 2.45) is 5.92 Å². The minimum absolute atomic E-state index is 0.000329. The topological polar surface area (TPSA) is 64.4 Å². The number of nitrogens with zero attached hydrogens (tertiary/aromatic N) is 3. The van der Waals surface area contributed by atoms with Gasteiger partial charge in [0, 0.05) is 24.3 Å². The van der Waals surface area contributed by atoms with E-state index in [1.165, 1.54) is 7.11 Å². The largest absolute Gasteiger partial charge is 0.469 e. The molecule has 0 bridgehead atoms. The van der Waals surface area contributed by atoms with Crippen molar-refractivity contribution in [3.8, 4) is 5.69 Å².